The molecule has 0 heterocycles. The molecule has 0 aliphatic rings. The molecule has 0 aromatic heterocycles. The molecule has 2 rings (SSSR count). The predicted octanol–water partition coefficient (Wildman–Crippen LogP) is 4.98. The molecule has 2 aromatic rings. The van der Waals surface area contributed by atoms with Crippen LogP contribution in [0.1, 0.15) is 30.4 Å². The van der Waals surface area contributed by atoms with Crippen LogP contribution in [0.5, 0.6) is 0 Å². The molecular weight excluding hydrogens is 216 g/mol. The highest BCUT2D eigenvalue weighted by molar-refractivity contribution is 5.24. The summed E-state index contributed by atoms with van der Waals surface area (Å²) in [6, 6.07) is 21.5. The van der Waals surface area contributed by atoms with Crippen LogP contribution in [-0.2, 0) is 6.42 Å². The van der Waals surface area contributed by atoms with E-state index in [0.29, 0.717) is 5.92 Å². The molecule has 0 aliphatic carbocycles. The Kier molecular flexibility index (Phi) is 4.78. The molecule has 0 radical (unpaired) electrons. The average Bonchev–Trinajstić information content (AvgIpc) is 2.45. The summed E-state index contributed by atoms with van der Waals surface area (Å²) in [5.74, 6) is 0.524. The van der Waals surface area contributed by atoms with E-state index in [2.05, 4.69) is 79.7 Å². The molecule has 2 aromatic carbocycles. The Labute approximate surface area is 110 Å². The van der Waals surface area contributed by atoms with E-state index in [1.165, 1.54) is 17.5 Å². The van der Waals surface area contributed by atoms with Crippen molar-refractivity contribution in [1.82, 2.24) is 0 Å². The Morgan fingerprint density at radius 3 is 2.11 bits per heavy atom. The molecule has 18 heavy (non-hydrogen) atoms. The highest BCUT2D eigenvalue weighted by atomic mass is 14.1. The zero-order valence-corrected chi connectivity index (χ0v) is 10.9. The van der Waals surface area contributed by atoms with Crippen LogP contribution in [0.2, 0.25) is 0 Å². The van der Waals surface area contributed by atoms with Crippen molar-refractivity contribution in [3.63, 3.8) is 0 Å². The van der Waals surface area contributed by atoms with Crippen LogP contribution in [-0.4, -0.2) is 0 Å². The van der Waals surface area contributed by atoms with E-state index in [0.717, 1.165) is 6.42 Å². The van der Waals surface area contributed by atoms with E-state index in [-0.39, 0.29) is 0 Å². The second kappa shape index (κ2) is 6.80. The van der Waals surface area contributed by atoms with E-state index in [1.807, 2.05) is 0 Å². The molecular formula is C18H20. The first-order valence-electron chi connectivity index (χ1n) is 6.62. The van der Waals surface area contributed by atoms with Gasteiger partial charge >= 0.3 is 0 Å². The smallest absolute Gasteiger partial charge is 0.00210 e. The van der Waals surface area contributed by atoms with Crippen LogP contribution in [0, 0.1) is 0 Å². The molecule has 0 nitrogen and oxygen atoms in total. The van der Waals surface area contributed by atoms with Crippen LogP contribution >= 0.6 is 0 Å². The van der Waals surface area contributed by atoms with Gasteiger partial charge in [0, 0.05) is 5.92 Å². The predicted molar refractivity (Wildman–Crippen MR) is 78.8 cm³/mol. The monoisotopic (exact) mass is 236 g/mol. The maximum Gasteiger partial charge on any atom is 0.00210 e. The fourth-order valence-electron chi connectivity index (χ4n) is 2.27. The van der Waals surface area contributed by atoms with Crippen molar-refractivity contribution < 1.29 is 0 Å². The van der Waals surface area contributed by atoms with Gasteiger partial charge in [0.15, 0.2) is 0 Å². The van der Waals surface area contributed by atoms with Gasteiger partial charge in [-0.05, 0) is 30.9 Å². The largest absolute Gasteiger partial charge is 0.0910 e. The summed E-state index contributed by atoms with van der Waals surface area (Å²) in [6.45, 7) is 2.10. The van der Waals surface area contributed by atoms with E-state index in [1.54, 1.807) is 0 Å². The lowest BCUT2D eigenvalue weighted by molar-refractivity contribution is 0.735. The molecule has 0 fully saturated rings. The van der Waals surface area contributed by atoms with Crippen molar-refractivity contribution in [3.05, 3.63) is 83.9 Å². The van der Waals surface area contributed by atoms with E-state index >= 15 is 0 Å². The molecule has 0 heteroatoms. The SMILES string of the molecule is C/C=C/[C@@H](CCc1ccccc1)c1ccccc1. The van der Waals surface area contributed by atoms with Crippen LogP contribution < -0.4 is 0 Å². The van der Waals surface area contributed by atoms with E-state index in [9.17, 15) is 0 Å². The van der Waals surface area contributed by atoms with Crippen LogP contribution in [0.25, 0.3) is 0 Å². The number of benzene rings is 2. The quantitative estimate of drug-likeness (QED) is 0.642. The van der Waals surface area contributed by atoms with Gasteiger partial charge in [-0.3, -0.25) is 0 Å². The minimum atomic E-state index is 0.524. The summed E-state index contributed by atoms with van der Waals surface area (Å²) in [7, 11) is 0. The summed E-state index contributed by atoms with van der Waals surface area (Å²) < 4.78 is 0. The van der Waals surface area contributed by atoms with Crippen molar-refractivity contribution in [2.75, 3.05) is 0 Å². The summed E-state index contributed by atoms with van der Waals surface area (Å²) in [5.41, 5.74) is 2.83. The lowest BCUT2D eigenvalue weighted by Crippen LogP contribution is -1.97. The van der Waals surface area contributed by atoms with E-state index in [4.69, 9.17) is 0 Å². The Morgan fingerprint density at radius 2 is 1.50 bits per heavy atom. The summed E-state index contributed by atoms with van der Waals surface area (Å²) in [6.07, 6.45) is 6.75. The first kappa shape index (κ1) is 12.6. The molecule has 0 unspecified atom stereocenters. The van der Waals surface area contributed by atoms with Gasteiger partial charge in [0.25, 0.3) is 0 Å². The van der Waals surface area contributed by atoms with Gasteiger partial charge in [0.1, 0.15) is 0 Å². The number of hydrogen-bond acceptors (Lipinski definition) is 0. The normalized spacial score (nSPS) is 12.7. The number of aryl methyl sites for hydroxylation is 1. The Morgan fingerprint density at radius 1 is 0.889 bits per heavy atom. The molecule has 1 atom stereocenters. The molecule has 0 aliphatic heterocycles. The highest BCUT2D eigenvalue weighted by Gasteiger charge is 2.07. The summed E-state index contributed by atoms with van der Waals surface area (Å²) in [5, 5.41) is 0. The van der Waals surface area contributed by atoms with Crippen LogP contribution in [0.15, 0.2) is 72.8 Å². The molecule has 0 spiro atoms. The van der Waals surface area contributed by atoms with Gasteiger partial charge in [-0.2, -0.15) is 0 Å². The zero-order valence-electron chi connectivity index (χ0n) is 10.9. The minimum absolute atomic E-state index is 0.524. The van der Waals surface area contributed by atoms with Gasteiger partial charge in [-0.15, -0.1) is 0 Å². The van der Waals surface area contributed by atoms with Crippen molar-refractivity contribution in [3.8, 4) is 0 Å². The number of hydrogen-bond donors (Lipinski definition) is 0. The number of rotatable bonds is 5. The topological polar surface area (TPSA) is 0 Å². The second-order valence-corrected chi connectivity index (χ2v) is 4.57. The Bertz CT molecular complexity index is 468. The molecule has 0 bridgehead atoms. The van der Waals surface area contributed by atoms with Gasteiger partial charge in [-0.25, -0.2) is 0 Å². The van der Waals surface area contributed by atoms with E-state index < -0.39 is 0 Å². The average molecular weight is 236 g/mol. The zero-order chi connectivity index (χ0) is 12.6. The summed E-state index contributed by atoms with van der Waals surface area (Å²) in [4.78, 5) is 0. The molecule has 0 saturated heterocycles. The van der Waals surface area contributed by atoms with Crippen molar-refractivity contribution >= 4 is 0 Å². The van der Waals surface area contributed by atoms with Gasteiger partial charge in [-0.1, -0.05) is 72.8 Å². The third kappa shape index (κ3) is 3.59. The maximum absolute atomic E-state index is 2.30. The van der Waals surface area contributed by atoms with Crippen molar-refractivity contribution in [2.45, 2.75) is 25.7 Å². The van der Waals surface area contributed by atoms with Gasteiger partial charge in [0.2, 0.25) is 0 Å². The molecule has 0 saturated carbocycles. The fraction of sp³-hybridized carbons (Fsp3) is 0.222. The molecule has 0 amide bonds. The highest BCUT2D eigenvalue weighted by Crippen LogP contribution is 2.23. The molecule has 92 valence electrons. The van der Waals surface area contributed by atoms with Gasteiger partial charge in [0.05, 0.1) is 0 Å². The Balaban J connectivity index is 2.04. The third-order valence-corrected chi connectivity index (χ3v) is 3.24. The first-order valence-corrected chi connectivity index (χ1v) is 6.62. The first-order chi connectivity index (χ1) is 8.90. The number of allylic oxidation sites excluding steroid dienone is 2. The standard InChI is InChI=1S/C18H20/c1-2-9-17(18-12-7-4-8-13-18)15-14-16-10-5-3-6-11-16/h2-13,17H,14-15H2,1H3/b9-2+/t17-/m0/s1. The van der Waals surface area contributed by atoms with Gasteiger partial charge < -0.3 is 0 Å². The minimum Gasteiger partial charge on any atom is -0.0910 e. The fourth-order valence-corrected chi connectivity index (χ4v) is 2.27. The maximum atomic E-state index is 2.30. The van der Waals surface area contributed by atoms with Crippen LogP contribution in [0.4, 0.5) is 0 Å². The summed E-state index contributed by atoms with van der Waals surface area (Å²) >= 11 is 0. The Hall–Kier alpha value is -1.82. The molecule has 0 N–H and O–H groups in total. The second-order valence-electron chi connectivity index (χ2n) is 4.57. The van der Waals surface area contributed by atoms with Crippen LogP contribution in [0.3, 0.4) is 0 Å². The van der Waals surface area contributed by atoms with Crippen molar-refractivity contribution in [2.24, 2.45) is 0 Å². The lowest BCUT2D eigenvalue weighted by Gasteiger charge is -2.13. The van der Waals surface area contributed by atoms with Crippen molar-refractivity contribution in [1.29, 1.82) is 0 Å². The lowest BCUT2D eigenvalue weighted by atomic mass is 9.92. The third-order valence-electron chi connectivity index (χ3n) is 3.24.